The van der Waals surface area contributed by atoms with Crippen LogP contribution in [0.15, 0.2) is 23.0 Å². The third-order valence-corrected chi connectivity index (χ3v) is 4.89. The first kappa shape index (κ1) is 16.1. The highest BCUT2D eigenvalue weighted by Gasteiger charge is 2.15. The summed E-state index contributed by atoms with van der Waals surface area (Å²) >= 11 is 0. The van der Waals surface area contributed by atoms with Gasteiger partial charge in [-0.25, -0.2) is 0 Å². The lowest BCUT2D eigenvalue weighted by molar-refractivity contribution is 0.275. The Hall–Kier alpha value is -1.81. The summed E-state index contributed by atoms with van der Waals surface area (Å²) in [6.45, 7) is 5.00. The Labute approximate surface area is 138 Å². The van der Waals surface area contributed by atoms with Crippen LogP contribution in [-0.2, 0) is 6.54 Å². The fraction of sp³-hybridized carbons (Fsp3) is 0.526. The van der Waals surface area contributed by atoms with Gasteiger partial charge in [0.1, 0.15) is 0 Å². The number of aromatic amines is 1. The average molecular weight is 313 g/mol. The fourth-order valence-corrected chi connectivity index (χ4v) is 3.43. The Morgan fingerprint density at radius 3 is 2.48 bits per heavy atom. The van der Waals surface area contributed by atoms with Gasteiger partial charge in [0.15, 0.2) is 5.43 Å². The lowest BCUT2D eigenvalue weighted by Gasteiger charge is -2.21. The number of nitrogens with one attached hydrogen (secondary N) is 1. The number of anilines is 1. The summed E-state index contributed by atoms with van der Waals surface area (Å²) < 4.78 is 0. The van der Waals surface area contributed by atoms with Crippen molar-refractivity contribution >= 4 is 16.6 Å². The van der Waals surface area contributed by atoms with Crippen LogP contribution in [0.1, 0.15) is 36.9 Å². The minimum Gasteiger partial charge on any atom is -0.378 e. The number of H-pyrrole nitrogens is 1. The number of likely N-dealkylation sites (tertiary alicyclic amines) is 1. The second kappa shape index (κ2) is 6.75. The molecule has 1 N–H and O–H groups in total. The van der Waals surface area contributed by atoms with E-state index in [-0.39, 0.29) is 5.43 Å². The lowest BCUT2D eigenvalue weighted by Crippen LogP contribution is -2.28. The Morgan fingerprint density at radius 2 is 1.83 bits per heavy atom. The third-order valence-electron chi connectivity index (χ3n) is 4.89. The number of aryl methyl sites for hydroxylation is 1. The first-order valence-electron chi connectivity index (χ1n) is 8.61. The molecule has 1 fully saturated rings. The zero-order valence-electron chi connectivity index (χ0n) is 14.5. The van der Waals surface area contributed by atoms with Crippen LogP contribution in [0, 0.1) is 6.92 Å². The number of fused-ring (bicyclic) bond motifs is 1. The van der Waals surface area contributed by atoms with Gasteiger partial charge >= 0.3 is 0 Å². The maximum atomic E-state index is 13.0. The lowest BCUT2D eigenvalue weighted by atomic mass is 10.1. The number of nitrogens with zero attached hydrogens (tertiary/aromatic N) is 2. The molecule has 23 heavy (non-hydrogen) atoms. The summed E-state index contributed by atoms with van der Waals surface area (Å²) in [5, 5.41) is 0.798. The van der Waals surface area contributed by atoms with Crippen LogP contribution in [0.5, 0.6) is 0 Å². The summed E-state index contributed by atoms with van der Waals surface area (Å²) in [4.78, 5) is 20.9. The van der Waals surface area contributed by atoms with Gasteiger partial charge in [0.2, 0.25) is 0 Å². The maximum Gasteiger partial charge on any atom is 0.194 e. The van der Waals surface area contributed by atoms with Crippen molar-refractivity contribution in [3.05, 3.63) is 39.7 Å². The normalized spacial score (nSPS) is 16.5. The molecule has 0 amide bonds. The summed E-state index contributed by atoms with van der Waals surface area (Å²) in [5.74, 6) is 0. The van der Waals surface area contributed by atoms with E-state index >= 15 is 0 Å². The molecule has 2 heterocycles. The monoisotopic (exact) mass is 313 g/mol. The van der Waals surface area contributed by atoms with Gasteiger partial charge in [-0.2, -0.15) is 0 Å². The molecule has 0 unspecified atom stereocenters. The van der Waals surface area contributed by atoms with Crippen molar-refractivity contribution in [3.8, 4) is 0 Å². The summed E-state index contributed by atoms with van der Waals surface area (Å²) in [6.07, 6.45) is 5.12. The fourth-order valence-electron chi connectivity index (χ4n) is 3.43. The Morgan fingerprint density at radius 1 is 1.13 bits per heavy atom. The highest BCUT2D eigenvalue weighted by atomic mass is 16.1. The van der Waals surface area contributed by atoms with Gasteiger partial charge in [-0.15, -0.1) is 0 Å². The summed E-state index contributed by atoms with van der Waals surface area (Å²) in [7, 11) is 4.00. The number of aromatic nitrogens is 1. The third kappa shape index (κ3) is 3.42. The van der Waals surface area contributed by atoms with Crippen molar-refractivity contribution < 1.29 is 0 Å². The van der Waals surface area contributed by atoms with E-state index in [0.29, 0.717) is 0 Å². The molecule has 0 spiro atoms. The number of benzene rings is 1. The topological polar surface area (TPSA) is 39.3 Å². The van der Waals surface area contributed by atoms with Crippen molar-refractivity contribution in [2.45, 2.75) is 39.2 Å². The molecule has 1 aliphatic rings. The van der Waals surface area contributed by atoms with Gasteiger partial charge in [0.25, 0.3) is 0 Å². The zero-order chi connectivity index (χ0) is 16.4. The van der Waals surface area contributed by atoms with Crippen molar-refractivity contribution in [3.63, 3.8) is 0 Å². The van der Waals surface area contributed by atoms with Crippen LogP contribution < -0.4 is 10.3 Å². The van der Waals surface area contributed by atoms with Crippen molar-refractivity contribution in [1.29, 1.82) is 0 Å². The van der Waals surface area contributed by atoms with E-state index in [4.69, 9.17) is 0 Å². The van der Waals surface area contributed by atoms with E-state index in [1.807, 2.05) is 44.1 Å². The Bertz CT molecular complexity index is 740. The van der Waals surface area contributed by atoms with Gasteiger partial charge < -0.3 is 9.88 Å². The Balaban J connectivity index is 2.00. The molecule has 4 nitrogen and oxygen atoms in total. The van der Waals surface area contributed by atoms with E-state index in [9.17, 15) is 4.79 Å². The van der Waals surface area contributed by atoms with E-state index in [0.717, 1.165) is 47.5 Å². The molecule has 0 atom stereocenters. The number of rotatable bonds is 3. The van der Waals surface area contributed by atoms with Crippen LogP contribution in [0.3, 0.4) is 0 Å². The van der Waals surface area contributed by atoms with Crippen LogP contribution in [-0.4, -0.2) is 37.1 Å². The van der Waals surface area contributed by atoms with Crippen LogP contribution in [0.25, 0.3) is 10.9 Å². The minimum atomic E-state index is 0.184. The quantitative estimate of drug-likeness (QED) is 0.945. The molecule has 0 bridgehead atoms. The molecule has 0 aliphatic carbocycles. The minimum absolute atomic E-state index is 0.184. The number of hydrogen-bond acceptors (Lipinski definition) is 3. The van der Waals surface area contributed by atoms with E-state index in [2.05, 4.69) is 9.88 Å². The number of pyridine rings is 1. The SMILES string of the molecule is Cc1[nH]c2ccc(N(C)C)cc2c(=O)c1CN1CCCCCC1. The predicted molar refractivity (Wildman–Crippen MR) is 97.4 cm³/mol. The van der Waals surface area contributed by atoms with Gasteiger partial charge in [0.05, 0.1) is 0 Å². The van der Waals surface area contributed by atoms with Crippen molar-refractivity contribution in [2.75, 3.05) is 32.1 Å². The second-order valence-electron chi connectivity index (χ2n) is 6.87. The molecule has 0 radical (unpaired) electrons. The van der Waals surface area contributed by atoms with Gasteiger partial charge in [-0.1, -0.05) is 12.8 Å². The van der Waals surface area contributed by atoms with E-state index in [1.54, 1.807) is 0 Å². The highest BCUT2D eigenvalue weighted by Crippen LogP contribution is 2.20. The molecule has 0 saturated carbocycles. The van der Waals surface area contributed by atoms with Gasteiger partial charge in [0, 0.05) is 48.5 Å². The van der Waals surface area contributed by atoms with Gasteiger partial charge in [-0.05, 0) is 51.1 Å². The number of hydrogen-bond donors (Lipinski definition) is 1. The molecular weight excluding hydrogens is 286 g/mol. The molecule has 124 valence electrons. The average Bonchev–Trinajstić information content (AvgIpc) is 2.79. The van der Waals surface area contributed by atoms with Gasteiger partial charge in [-0.3, -0.25) is 9.69 Å². The summed E-state index contributed by atoms with van der Waals surface area (Å²) in [6, 6.07) is 6.06. The van der Waals surface area contributed by atoms with Crippen LogP contribution >= 0.6 is 0 Å². The first-order valence-corrected chi connectivity index (χ1v) is 8.61. The predicted octanol–water partition coefficient (Wildman–Crippen LogP) is 3.28. The van der Waals surface area contributed by atoms with Crippen molar-refractivity contribution in [2.24, 2.45) is 0 Å². The molecule has 1 aromatic heterocycles. The highest BCUT2D eigenvalue weighted by molar-refractivity contribution is 5.83. The molecule has 1 aromatic carbocycles. The Kier molecular flexibility index (Phi) is 4.71. The van der Waals surface area contributed by atoms with Crippen LogP contribution in [0.4, 0.5) is 5.69 Å². The maximum absolute atomic E-state index is 13.0. The standard InChI is InChI=1S/C19H27N3O/c1-14-17(13-22-10-6-4-5-7-11-22)19(23)16-12-15(21(2)3)8-9-18(16)20-14/h8-9,12H,4-7,10-11,13H2,1-3H3,(H,20,23). The zero-order valence-corrected chi connectivity index (χ0v) is 14.5. The molecule has 1 saturated heterocycles. The van der Waals surface area contributed by atoms with E-state index in [1.165, 1.54) is 25.7 Å². The smallest absolute Gasteiger partial charge is 0.194 e. The summed E-state index contributed by atoms with van der Waals surface area (Å²) in [5.41, 5.74) is 4.11. The largest absolute Gasteiger partial charge is 0.378 e. The van der Waals surface area contributed by atoms with E-state index < -0.39 is 0 Å². The molecule has 1 aliphatic heterocycles. The van der Waals surface area contributed by atoms with Crippen molar-refractivity contribution in [1.82, 2.24) is 9.88 Å². The second-order valence-corrected chi connectivity index (χ2v) is 6.87. The van der Waals surface area contributed by atoms with Crippen LogP contribution in [0.2, 0.25) is 0 Å². The molecule has 2 aromatic rings. The molecule has 3 rings (SSSR count). The molecule has 4 heteroatoms. The molecular formula is C19H27N3O. The first-order chi connectivity index (χ1) is 11.1.